The average molecular weight is 280 g/mol. The van der Waals surface area contributed by atoms with E-state index in [0.29, 0.717) is 6.42 Å². The molecule has 112 valence electrons. The molecule has 0 aromatic carbocycles. The number of rotatable bonds is 6. The van der Waals surface area contributed by atoms with E-state index in [9.17, 15) is 9.90 Å². The maximum atomic E-state index is 11.5. The predicted octanol–water partition coefficient (Wildman–Crippen LogP) is 0.930. The molecule has 1 aromatic rings. The van der Waals surface area contributed by atoms with Crippen molar-refractivity contribution in [3.05, 3.63) is 18.2 Å². The number of hydrogen-bond acceptors (Lipinski definition) is 4. The minimum absolute atomic E-state index is 0.149. The molecule has 0 saturated heterocycles. The number of nitrogens with zero attached hydrogens (tertiary/aromatic N) is 3. The van der Waals surface area contributed by atoms with E-state index in [2.05, 4.69) is 19.8 Å². The van der Waals surface area contributed by atoms with Crippen molar-refractivity contribution in [2.75, 3.05) is 13.1 Å². The standard InChI is InChI=1S/C14H24N4O2/c1-11(2)16-14(3,13(19)20)4-6-17-8-9-18-7-5-15-12(18)10-17/h5,7,11,16H,4,6,8-10H2,1-3H3,(H,19,20). The van der Waals surface area contributed by atoms with Gasteiger partial charge in [-0.15, -0.1) is 0 Å². The van der Waals surface area contributed by atoms with Gasteiger partial charge in [0.05, 0.1) is 6.54 Å². The van der Waals surface area contributed by atoms with Gasteiger partial charge in [0.25, 0.3) is 0 Å². The van der Waals surface area contributed by atoms with Crippen molar-refractivity contribution in [1.82, 2.24) is 19.8 Å². The summed E-state index contributed by atoms with van der Waals surface area (Å²) in [4.78, 5) is 18.1. The third-order valence-corrected chi connectivity index (χ3v) is 3.83. The summed E-state index contributed by atoms with van der Waals surface area (Å²) < 4.78 is 2.15. The minimum atomic E-state index is -0.874. The van der Waals surface area contributed by atoms with Crippen LogP contribution in [0, 0.1) is 0 Å². The zero-order chi connectivity index (χ0) is 14.8. The van der Waals surface area contributed by atoms with Crippen molar-refractivity contribution in [3.8, 4) is 0 Å². The number of carboxylic acids is 1. The van der Waals surface area contributed by atoms with E-state index in [-0.39, 0.29) is 6.04 Å². The third kappa shape index (κ3) is 3.37. The second-order valence-corrected chi connectivity index (χ2v) is 6.00. The van der Waals surface area contributed by atoms with Crippen LogP contribution in [0.15, 0.2) is 12.4 Å². The summed E-state index contributed by atoms with van der Waals surface area (Å²) in [6, 6.07) is 0.149. The highest BCUT2D eigenvalue weighted by atomic mass is 16.4. The minimum Gasteiger partial charge on any atom is -0.480 e. The molecule has 1 unspecified atom stereocenters. The van der Waals surface area contributed by atoms with Crippen LogP contribution < -0.4 is 5.32 Å². The van der Waals surface area contributed by atoms with Gasteiger partial charge in [-0.05, 0) is 27.2 Å². The number of carbonyl (C=O) groups is 1. The van der Waals surface area contributed by atoms with Gasteiger partial charge in [0.1, 0.15) is 11.4 Å². The number of carboxylic acid groups (broad SMARTS) is 1. The van der Waals surface area contributed by atoms with Gasteiger partial charge in [-0.1, -0.05) is 0 Å². The molecule has 20 heavy (non-hydrogen) atoms. The molecule has 1 aliphatic rings. The quantitative estimate of drug-likeness (QED) is 0.811. The highest BCUT2D eigenvalue weighted by Gasteiger charge is 2.34. The number of imidazole rings is 1. The summed E-state index contributed by atoms with van der Waals surface area (Å²) in [6.07, 6.45) is 4.40. The number of aromatic nitrogens is 2. The summed E-state index contributed by atoms with van der Waals surface area (Å²) in [5.41, 5.74) is -0.874. The number of nitrogens with one attached hydrogen (secondary N) is 1. The molecule has 2 rings (SSSR count). The molecule has 0 bridgehead atoms. The molecular weight excluding hydrogens is 256 g/mol. The Hall–Kier alpha value is -1.40. The van der Waals surface area contributed by atoms with Crippen LogP contribution in [0.25, 0.3) is 0 Å². The van der Waals surface area contributed by atoms with Gasteiger partial charge in [0, 0.05) is 38.1 Å². The lowest BCUT2D eigenvalue weighted by Crippen LogP contribution is -2.54. The highest BCUT2D eigenvalue weighted by Crippen LogP contribution is 2.16. The Labute approximate surface area is 119 Å². The van der Waals surface area contributed by atoms with Gasteiger partial charge >= 0.3 is 5.97 Å². The molecule has 0 saturated carbocycles. The van der Waals surface area contributed by atoms with Crippen molar-refractivity contribution in [1.29, 1.82) is 0 Å². The van der Waals surface area contributed by atoms with E-state index in [1.165, 1.54) is 0 Å². The van der Waals surface area contributed by atoms with Crippen LogP contribution in [0.4, 0.5) is 0 Å². The van der Waals surface area contributed by atoms with Crippen LogP contribution in [0.3, 0.4) is 0 Å². The fourth-order valence-electron chi connectivity index (χ4n) is 2.67. The lowest BCUT2D eigenvalue weighted by Gasteiger charge is -2.33. The first kappa shape index (κ1) is 15.0. The van der Waals surface area contributed by atoms with Crippen molar-refractivity contribution in [2.24, 2.45) is 0 Å². The van der Waals surface area contributed by atoms with Gasteiger partial charge in [-0.2, -0.15) is 0 Å². The number of aliphatic carboxylic acids is 1. The largest absolute Gasteiger partial charge is 0.480 e. The topological polar surface area (TPSA) is 70.4 Å². The lowest BCUT2D eigenvalue weighted by molar-refractivity contribution is -0.145. The Morgan fingerprint density at radius 3 is 2.95 bits per heavy atom. The van der Waals surface area contributed by atoms with E-state index in [4.69, 9.17) is 0 Å². The molecule has 0 aliphatic carbocycles. The van der Waals surface area contributed by atoms with Crippen LogP contribution in [0.1, 0.15) is 33.0 Å². The Morgan fingerprint density at radius 1 is 1.55 bits per heavy atom. The van der Waals surface area contributed by atoms with E-state index >= 15 is 0 Å². The van der Waals surface area contributed by atoms with Crippen molar-refractivity contribution >= 4 is 5.97 Å². The molecule has 0 fully saturated rings. The first-order valence-corrected chi connectivity index (χ1v) is 7.14. The highest BCUT2D eigenvalue weighted by molar-refractivity contribution is 5.78. The first-order chi connectivity index (χ1) is 9.40. The Kier molecular flexibility index (Phi) is 4.45. The molecule has 2 heterocycles. The van der Waals surface area contributed by atoms with Gasteiger partial charge in [0.2, 0.25) is 0 Å². The average Bonchev–Trinajstić information content (AvgIpc) is 2.82. The summed E-state index contributed by atoms with van der Waals surface area (Å²) in [5.74, 6) is 0.273. The molecule has 2 N–H and O–H groups in total. The second kappa shape index (κ2) is 5.93. The molecule has 1 aromatic heterocycles. The zero-order valence-electron chi connectivity index (χ0n) is 12.5. The molecule has 6 nitrogen and oxygen atoms in total. The van der Waals surface area contributed by atoms with E-state index in [0.717, 1.165) is 32.0 Å². The zero-order valence-corrected chi connectivity index (χ0v) is 12.5. The van der Waals surface area contributed by atoms with E-state index in [1.54, 1.807) is 6.92 Å². The maximum absolute atomic E-state index is 11.5. The molecule has 6 heteroatoms. The molecule has 1 aliphatic heterocycles. The van der Waals surface area contributed by atoms with Crippen molar-refractivity contribution in [3.63, 3.8) is 0 Å². The Bertz CT molecular complexity index is 471. The van der Waals surface area contributed by atoms with Crippen LogP contribution in [0.2, 0.25) is 0 Å². The van der Waals surface area contributed by atoms with Gasteiger partial charge in [0.15, 0.2) is 0 Å². The van der Waals surface area contributed by atoms with Crippen molar-refractivity contribution in [2.45, 2.75) is 51.9 Å². The van der Waals surface area contributed by atoms with Crippen LogP contribution in [-0.4, -0.2) is 50.2 Å². The number of hydrogen-bond donors (Lipinski definition) is 2. The lowest BCUT2D eigenvalue weighted by atomic mass is 9.96. The molecule has 1 atom stereocenters. The van der Waals surface area contributed by atoms with Crippen LogP contribution in [-0.2, 0) is 17.9 Å². The van der Waals surface area contributed by atoms with Crippen molar-refractivity contribution < 1.29 is 9.90 Å². The Balaban J connectivity index is 1.92. The summed E-state index contributed by atoms with van der Waals surface area (Å²) in [7, 11) is 0. The van der Waals surface area contributed by atoms with E-state index < -0.39 is 11.5 Å². The van der Waals surface area contributed by atoms with Crippen LogP contribution >= 0.6 is 0 Å². The third-order valence-electron chi connectivity index (χ3n) is 3.83. The molecule has 0 amide bonds. The second-order valence-electron chi connectivity index (χ2n) is 6.00. The van der Waals surface area contributed by atoms with Gasteiger partial charge in [-0.25, -0.2) is 4.98 Å². The Morgan fingerprint density at radius 2 is 2.30 bits per heavy atom. The molecule has 0 spiro atoms. The SMILES string of the molecule is CC(C)NC(C)(CCN1CCn2ccnc2C1)C(=O)O. The molecule has 0 radical (unpaired) electrons. The predicted molar refractivity (Wildman–Crippen MR) is 76.4 cm³/mol. The first-order valence-electron chi connectivity index (χ1n) is 7.14. The monoisotopic (exact) mass is 280 g/mol. The smallest absolute Gasteiger partial charge is 0.323 e. The van der Waals surface area contributed by atoms with E-state index in [1.807, 2.05) is 26.2 Å². The fraction of sp³-hybridized carbons (Fsp3) is 0.714. The summed E-state index contributed by atoms with van der Waals surface area (Å²) >= 11 is 0. The van der Waals surface area contributed by atoms with Gasteiger partial charge in [-0.3, -0.25) is 15.0 Å². The van der Waals surface area contributed by atoms with Crippen LogP contribution in [0.5, 0.6) is 0 Å². The fourth-order valence-corrected chi connectivity index (χ4v) is 2.67. The molecular formula is C14H24N4O2. The number of fused-ring (bicyclic) bond motifs is 1. The normalized spacial score (nSPS) is 18.8. The summed E-state index contributed by atoms with van der Waals surface area (Å²) in [5, 5.41) is 12.6. The maximum Gasteiger partial charge on any atom is 0.323 e. The van der Waals surface area contributed by atoms with Gasteiger partial charge < -0.3 is 9.67 Å². The summed E-state index contributed by atoms with van der Waals surface area (Å²) in [6.45, 7) is 9.13.